The number of imide groups is 1. The zero-order chi connectivity index (χ0) is 14.3. The molecule has 2 heterocycles. The quantitative estimate of drug-likeness (QED) is 0.838. The van der Waals surface area contributed by atoms with E-state index < -0.39 is 23.8 Å². The first-order valence-electron chi connectivity index (χ1n) is 6.54. The lowest BCUT2D eigenvalue weighted by Gasteiger charge is -2.32. The first-order chi connectivity index (χ1) is 9.48. The van der Waals surface area contributed by atoms with Crippen LogP contribution >= 0.6 is 0 Å². The number of hydrogen-bond donors (Lipinski definition) is 1. The fourth-order valence-electron chi connectivity index (χ4n) is 2.75. The molecule has 1 saturated heterocycles. The van der Waals surface area contributed by atoms with Gasteiger partial charge in [0.25, 0.3) is 17.7 Å². The van der Waals surface area contributed by atoms with Crippen molar-refractivity contribution in [2.75, 3.05) is 13.1 Å². The van der Waals surface area contributed by atoms with Crippen molar-refractivity contribution in [1.29, 1.82) is 0 Å². The van der Waals surface area contributed by atoms with E-state index in [2.05, 4.69) is 5.32 Å². The second-order valence-corrected chi connectivity index (χ2v) is 5.23. The first-order valence-corrected chi connectivity index (χ1v) is 6.54. The third-order valence-corrected chi connectivity index (χ3v) is 3.75. The lowest BCUT2D eigenvalue weighted by atomic mass is 10.0. The summed E-state index contributed by atoms with van der Waals surface area (Å²) in [5.41, 5.74) is 0.695. The molecule has 1 unspecified atom stereocenters. The van der Waals surface area contributed by atoms with Gasteiger partial charge in [-0.1, -0.05) is 12.1 Å². The molecule has 1 aromatic rings. The minimum absolute atomic E-state index is 0.0120. The Balaban J connectivity index is 1.77. The van der Waals surface area contributed by atoms with E-state index in [4.69, 9.17) is 0 Å². The van der Waals surface area contributed by atoms with Gasteiger partial charge in [-0.15, -0.1) is 0 Å². The summed E-state index contributed by atoms with van der Waals surface area (Å²) in [7, 11) is 0. The van der Waals surface area contributed by atoms with Gasteiger partial charge in [-0.25, -0.2) is 8.78 Å². The topological polar surface area (TPSA) is 49.4 Å². The average molecular weight is 280 g/mol. The summed E-state index contributed by atoms with van der Waals surface area (Å²) in [6.07, 6.45) is -0.550. The maximum Gasteiger partial charge on any atom is 0.261 e. The highest BCUT2D eigenvalue weighted by molar-refractivity contribution is 6.21. The molecule has 4 nitrogen and oxygen atoms in total. The Labute approximate surface area is 114 Å². The van der Waals surface area contributed by atoms with Crippen molar-refractivity contribution in [3.8, 4) is 0 Å². The van der Waals surface area contributed by atoms with Crippen molar-refractivity contribution < 1.29 is 18.4 Å². The maximum atomic E-state index is 13.4. The van der Waals surface area contributed by atoms with Gasteiger partial charge in [0.05, 0.1) is 11.1 Å². The van der Waals surface area contributed by atoms with Crippen LogP contribution in [0.2, 0.25) is 0 Å². The number of benzene rings is 1. The molecular weight excluding hydrogens is 266 g/mol. The van der Waals surface area contributed by atoms with E-state index in [1.165, 1.54) is 0 Å². The van der Waals surface area contributed by atoms with Crippen molar-refractivity contribution in [2.24, 2.45) is 0 Å². The normalized spacial score (nSPS) is 24.9. The molecule has 0 spiro atoms. The summed E-state index contributed by atoms with van der Waals surface area (Å²) in [6.45, 7) is 0.183. The van der Waals surface area contributed by atoms with Gasteiger partial charge in [-0.2, -0.15) is 0 Å². The van der Waals surface area contributed by atoms with Crippen molar-refractivity contribution in [3.63, 3.8) is 0 Å². The first kappa shape index (κ1) is 13.2. The number of hydrogen-bond acceptors (Lipinski definition) is 3. The van der Waals surface area contributed by atoms with Gasteiger partial charge in [0, 0.05) is 32.0 Å². The SMILES string of the molecule is O=C1c2ccccc2C(=O)N1CC1CC(F)(F)CCN1. The van der Waals surface area contributed by atoms with E-state index in [9.17, 15) is 18.4 Å². The molecule has 0 aliphatic carbocycles. The van der Waals surface area contributed by atoms with E-state index in [-0.39, 0.29) is 25.9 Å². The smallest absolute Gasteiger partial charge is 0.261 e. The van der Waals surface area contributed by atoms with Crippen LogP contribution in [0.1, 0.15) is 33.6 Å². The molecule has 2 amide bonds. The predicted molar refractivity (Wildman–Crippen MR) is 67.8 cm³/mol. The second-order valence-electron chi connectivity index (χ2n) is 5.23. The summed E-state index contributed by atoms with van der Waals surface area (Å²) in [5, 5.41) is 2.94. The van der Waals surface area contributed by atoms with E-state index >= 15 is 0 Å². The number of rotatable bonds is 2. The van der Waals surface area contributed by atoms with Crippen LogP contribution in [0, 0.1) is 0 Å². The van der Waals surface area contributed by atoms with E-state index in [1.54, 1.807) is 24.3 Å². The number of alkyl halides is 2. The Morgan fingerprint density at radius 3 is 2.35 bits per heavy atom. The van der Waals surface area contributed by atoms with Crippen molar-refractivity contribution >= 4 is 11.8 Å². The molecule has 3 rings (SSSR count). The van der Waals surface area contributed by atoms with Crippen molar-refractivity contribution in [1.82, 2.24) is 10.2 Å². The molecule has 0 saturated carbocycles. The monoisotopic (exact) mass is 280 g/mol. The molecule has 106 valence electrons. The van der Waals surface area contributed by atoms with Crippen LogP contribution < -0.4 is 5.32 Å². The van der Waals surface area contributed by atoms with Crippen LogP contribution in [0.3, 0.4) is 0 Å². The Morgan fingerprint density at radius 2 is 1.80 bits per heavy atom. The Bertz CT molecular complexity index is 539. The predicted octanol–water partition coefficient (Wildman–Crippen LogP) is 1.67. The summed E-state index contributed by atoms with van der Waals surface area (Å²) >= 11 is 0. The van der Waals surface area contributed by atoms with Gasteiger partial charge in [-0.05, 0) is 12.1 Å². The highest BCUT2D eigenvalue weighted by Crippen LogP contribution is 2.29. The standard InChI is InChI=1S/C14H14F2N2O2/c15-14(16)5-6-17-9(7-14)8-18-12(19)10-3-1-2-4-11(10)13(18)20/h1-4,9,17H,5-8H2. The number of piperidine rings is 1. The van der Waals surface area contributed by atoms with Gasteiger partial charge in [-0.3, -0.25) is 14.5 Å². The van der Waals surface area contributed by atoms with Crippen LogP contribution in [0.25, 0.3) is 0 Å². The van der Waals surface area contributed by atoms with Gasteiger partial charge < -0.3 is 5.32 Å². The largest absolute Gasteiger partial charge is 0.312 e. The summed E-state index contributed by atoms with van der Waals surface area (Å²) in [6, 6.07) is 5.97. The lowest BCUT2D eigenvalue weighted by Crippen LogP contribution is -2.50. The van der Waals surface area contributed by atoms with E-state index in [1.807, 2.05) is 0 Å². The van der Waals surface area contributed by atoms with Crippen LogP contribution in [-0.2, 0) is 0 Å². The fourth-order valence-corrected chi connectivity index (χ4v) is 2.75. The van der Waals surface area contributed by atoms with E-state index in [0.717, 1.165) is 4.90 Å². The minimum atomic E-state index is -2.73. The zero-order valence-electron chi connectivity index (χ0n) is 10.7. The van der Waals surface area contributed by atoms with Crippen LogP contribution in [0.15, 0.2) is 24.3 Å². The van der Waals surface area contributed by atoms with Gasteiger partial charge in [0.2, 0.25) is 0 Å². The molecule has 6 heteroatoms. The molecule has 1 N–H and O–H groups in total. The van der Waals surface area contributed by atoms with Crippen molar-refractivity contribution in [2.45, 2.75) is 24.8 Å². The molecule has 0 radical (unpaired) electrons. The van der Waals surface area contributed by atoms with Gasteiger partial charge in [0.15, 0.2) is 0 Å². The van der Waals surface area contributed by atoms with E-state index in [0.29, 0.717) is 11.1 Å². The summed E-state index contributed by atoms with van der Waals surface area (Å²) in [4.78, 5) is 25.3. The third kappa shape index (κ3) is 2.20. The fraction of sp³-hybridized carbons (Fsp3) is 0.429. The number of carbonyl (C=O) groups excluding carboxylic acids is 2. The number of halogens is 2. The number of carbonyl (C=O) groups is 2. The van der Waals surface area contributed by atoms with Gasteiger partial charge >= 0.3 is 0 Å². The molecule has 20 heavy (non-hydrogen) atoms. The molecule has 2 aliphatic heterocycles. The Hall–Kier alpha value is -1.82. The highest BCUT2D eigenvalue weighted by atomic mass is 19.3. The number of nitrogens with zero attached hydrogens (tertiary/aromatic N) is 1. The molecule has 1 fully saturated rings. The van der Waals surface area contributed by atoms with Crippen LogP contribution in [0.5, 0.6) is 0 Å². The number of fused-ring (bicyclic) bond motifs is 1. The van der Waals surface area contributed by atoms with Crippen LogP contribution in [-0.4, -0.2) is 41.8 Å². The second kappa shape index (κ2) is 4.63. The Kier molecular flexibility index (Phi) is 3.05. The molecule has 1 atom stereocenters. The maximum absolute atomic E-state index is 13.4. The van der Waals surface area contributed by atoms with Gasteiger partial charge in [0.1, 0.15) is 0 Å². The summed E-state index contributed by atoms with van der Waals surface area (Å²) in [5.74, 6) is -3.53. The minimum Gasteiger partial charge on any atom is -0.312 e. The zero-order valence-corrected chi connectivity index (χ0v) is 10.7. The molecule has 0 bridgehead atoms. The third-order valence-electron chi connectivity index (χ3n) is 3.75. The highest BCUT2D eigenvalue weighted by Gasteiger charge is 2.41. The lowest BCUT2D eigenvalue weighted by molar-refractivity contribution is -0.0433. The van der Waals surface area contributed by atoms with Crippen LogP contribution in [0.4, 0.5) is 8.78 Å². The Morgan fingerprint density at radius 1 is 1.20 bits per heavy atom. The molecule has 1 aromatic carbocycles. The average Bonchev–Trinajstić information content (AvgIpc) is 2.64. The number of amides is 2. The number of nitrogens with one attached hydrogen (secondary N) is 1. The summed E-state index contributed by atoms with van der Waals surface area (Å²) < 4.78 is 26.7. The molecule has 0 aromatic heterocycles. The molecule has 2 aliphatic rings. The molecular formula is C14H14F2N2O2. The van der Waals surface area contributed by atoms with Crippen molar-refractivity contribution in [3.05, 3.63) is 35.4 Å².